The van der Waals surface area contributed by atoms with E-state index in [1.165, 1.54) is 19.1 Å². The van der Waals surface area contributed by atoms with Crippen LogP contribution in [0.15, 0.2) is 34.9 Å². The molecule has 1 aromatic heterocycles. The number of benzene rings is 1. The van der Waals surface area contributed by atoms with Crippen LogP contribution in [0, 0.1) is 5.82 Å². The number of nitrogens with zero attached hydrogens (tertiary/aromatic N) is 2. The van der Waals surface area contributed by atoms with Gasteiger partial charge in [-0.1, -0.05) is 12.1 Å². The summed E-state index contributed by atoms with van der Waals surface area (Å²) in [6, 6.07) is 6.02. The molecule has 1 fully saturated rings. The minimum absolute atomic E-state index is 0.0189. The second kappa shape index (κ2) is 7.46. The SMILES string of the molecule is CC(=O)NCC(=O)N1CCCC1c1ncc(Cc2ccc(F)cc2)o1. The zero-order valence-electron chi connectivity index (χ0n) is 14.0. The monoisotopic (exact) mass is 345 g/mol. The topological polar surface area (TPSA) is 75.4 Å². The molecule has 2 heterocycles. The Labute approximate surface area is 145 Å². The van der Waals surface area contributed by atoms with E-state index in [2.05, 4.69) is 10.3 Å². The summed E-state index contributed by atoms with van der Waals surface area (Å²) >= 11 is 0. The molecule has 6 nitrogen and oxygen atoms in total. The fourth-order valence-electron chi connectivity index (χ4n) is 2.99. The minimum Gasteiger partial charge on any atom is -0.443 e. The molecule has 25 heavy (non-hydrogen) atoms. The maximum Gasteiger partial charge on any atom is 0.242 e. The molecule has 0 spiro atoms. The number of likely N-dealkylation sites (tertiary alicyclic amines) is 1. The number of hydrogen-bond donors (Lipinski definition) is 1. The maximum atomic E-state index is 13.0. The fraction of sp³-hybridized carbons (Fsp3) is 0.389. The van der Waals surface area contributed by atoms with Crippen molar-refractivity contribution in [3.63, 3.8) is 0 Å². The highest BCUT2D eigenvalue weighted by Gasteiger charge is 2.33. The quantitative estimate of drug-likeness (QED) is 0.901. The van der Waals surface area contributed by atoms with Gasteiger partial charge in [0.05, 0.1) is 12.7 Å². The molecule has 0 bridgehead atoms. The second-order valence-corrected chi connectivity index (χ2v) is 6.12. The van der Waals surface area contributed by atoms with E-state index < -0.39 is 0 Å². The number of carbonyl (C=O) groups excluding carboxylic acids is 2. The molecule has 0 aliphatic carbocycles. The van der Waals surface area contributed by atoms with Crippen LogP contribution >= 0.6 is 0 Å². The molecule has 1 aliphatic rings. The van der Waals surface area contributed by atoms with Crippen molar-refractivity contribution < 1.29 is 18.4 Å². The smallest absolute Gasteiger partial charge is 0.242 e. The van der Waals surface area contributed by atoms with E-state index in [4.69, 9.17) is 4.42 Å². The predicted octanol–water partition coefficient (Wildman–Crippen LogP) is 2.20. The predicted molar refractivity (Wildman–Crippen MR) is 88.1 cm³/mol. The number of hydrogen-bond acceptors (Lipinski definition) is 4. The molecule has 2 amide bonds. The number of carbonyl (C=O) groups is 2. The van der Waals surface area contributed by atoms with Gasteiger partial charge < -0.3 is 14.6 Å². The van der Waals surface area contributed by atoms with E-state index in [0.717, 1.165) is 18.4 Å². The van der Waals surface area contributed by atoms with Crippen molar-refractivity contribution in [1.29, 1.82) is 0 Å². The van der Waals surface area contributed by atoms with Crippen LogP contribution < -0.4 is 5.32 Å². The number of nitrogens with one attached hydrogen (secondary N) is 1. The molecule has 1 aliphatic heterocycles. The Morgan fingerprint density at radius 1 is 1.36 bits per heavy atom. The first kappa shape index (κ1) is 17.1. The third kappa shape index (κ3) is 4.23. The maximum absolute atomic E-state index is 13.0. The van der Waals surface area contributed by atoms with Gasteiger partial charge in [0.15, 0.2) is 0 Å². The van der Waals surface area contributed by atoms with Crippen molar-refractivity contribution >= 4 is 11.8 Å². The van der Waals surface area contributed by atoms with E-state index in [1.54, 1.807) is 23.2 Å². The average Bonchev–Trinajstić information content (AvgIpc) is 3.23. The Hall–Kier alpha value is -2.70. The number of aromatic nitrogens is 1. The van der Waals surface area contributed by atoms with E-state index in [1.807, 2.05) is 0 Å². The molecule has 1 N–H and O–H groups in total. The van der Waals surface area contributed by atoms with Gasteiger partial charge in [-0.25, -0.2) is 9.37 Å². The molecule has 1 atom stereocenters. The first-order chi connectivity index (χ1) is 12.0. The highest BCUT2D eigenvalue weighted by Crippen LogP contribution is 2.31. The fourth-order valence-corrected chi connectivity index (χ4v) is 2.99. The molecular weight excluding hydrogens is 325 g/mol. The van der Waals surface area contributed by atoms with Gasteiger partial charge in [0, 0.05) is 19.9 Å². The lowest BCUT2D eigenvalue weighted by Crippen LogP contribution is -2.39. The molecule has 7 heteroatoms. The third-order valence-corrected chi connectivity index (χ3v) is 4.21. The Bertz CT molecular complexity index is 757. The number of oxazole rings is 1. The molecule has 0 saturated carbocycles. The van der Waals surface area contributed by atoms with Crippen molar-refractivity contribution in [2.45, 2.75) is 32.2 Å². The van der Waals surface area contributed by atoms with Crippen molar-refractivity contribution in [1.82, 2.24) is 15.2 Å². The lowest BCUT2D eigenvalue weighted by atomic mass is 10.1. The van der Waals surface area contributed by atoms with Gasteiger partial charge in [-0.3, -0.25) is 9.59 Å². The minimum atomic E-state index is -0.277. The van der Waals surface area contributed by atoms with Crippen LogP contribution in [0.4, 0.5) is 4.39 Å². The number of rotatable bonds is 5. The van der Waals surface area contributed by atoms with Crippen molar-refractivity contribution in [2.75, 3.05) is 13.1 Å². The highest BCUT2D eigenvalue weighted by molar-refractivity contribution is 5.84. The van der Waals surface area contributed by atoms with Gasteiger partial charge in [-0.15, -0.1) is 0 Å². The molecule has 0 radical (unpaired) electrons. The van der Waals surface area contributed by atoms with E-state index in [-0.39, 0.29) is 30.2 Å². The molecule has 1 aromatic carbocycles. The first-order valence-electron chi connectivity index (χ1n) is 8.26. The Morgan fingerprint density at radius 2 is 2.12 bits per heavy atom. The second-order valence-electron chi connectivity index (χ2n) is 6.12. The summed E-state index contributed by atoms with van der Waals surface area (Å²) in [5.74, 6) is 0.521. The van der Waals surface area contributed by atoms with E-state index in [0.29, 0.717) is 24.6 Å². The highest BCUT2D eigenvalue weighted by atomic mass is 19.1. The molecule has 132 valence electrons. The summed E-state index contributed by atoms with van der Waals surface area (Å²) in [4.78, 5) is 29.3. The zero-order valence-corrected chi connectivity index (χ0v) is 14.0. The number of amides is 2. The Morgan fingerprint density at radius 3 is 2.84 bits per heavy atom. The van der Waals surface area contributed by atoms with Gasteiger partial charge >= 0.3 is 0 Å². The molecule has 1 saturated heterocycles. The van der Waals surface area contributed by atoms with Gasteiger partial charge in [0.2, 0.25) is 17.7 Å². The lowest BCUT2D eigenvalue weighted by molar-refractivity contribution is -0.133. The van der Waals surface area contributed by atoms with Crippen molar-refractivity contribution in [3.05, 3.63) is 53.5 Å². The zero-order chi connectivity index (χ0) is 17.8. The van der Waals surface area contributed by atoms with Gasteiger partial charge in [0.1, 0.15) is 17.6 Å². The van der Waals surface area contributed by atoms with Crippen molar-refractivity contribution in [3.8, 4) is 0 Å². The van der Waals surface area contributed by atoms with Crippen LogP contribution in [0.25, 0.3) is 0 Å². The van der Waals surface area contributed by atoms with Crippen LogP contribution in [0.5, 0.6) is 0 Å². The van der Waals surface area contributed by atoms with Crippen LogP contribution in [-0.4, -0.2) is 34.8 Å². The summed E-state index contributed by atoms with van der Waals surface area (Å²) in [7, 11) is 0. The van der Waals surface area contributed by atoms with Crippen LogP contribution in [0.2, 0.25) is 0 Å². The average molecular weight is 345 g/mol. The summed E-state index contributed by atoms with van der Waals surface area (Å²) < 4.78 is 18.8. The largest absolute Gasteiger partial charge is 0.443 e. The lowest BCUT2D eigenvalue weighted by Gasteiger charge is -2.22. The van der Waals surface area contributed by atoms with Crippen molar-refractivity contribution in [2.24, 2.45) is 0 Å². The third-order valence-electron chi connectivity index (χ3n) is 4.21. The van der Waals surface area contributed by atoms with Crippen LogP contribution in [0.1, 0.15) is 43.0 Å². The molecule has 1 unspecified atom stereocenters. The van der Waals surface area contributed by atoms with Gasteiger partial charge in [0.25, 0.3) is 0 Å². The summed E-state index contributed by atoms with van der Waals surface area (Å²) in [6.45, 7) is 1.98. The van der Waals surface area contributed by atoms with E-state index in [9.17, 15) is 14.0 Å². The summed E-state index contributed by atoms with van der Waals surface area (Å²) in [5.41, 5.74) is 0.925. The molecule has 3 rings (SSSR count). The van der Waals surface area contributed by atoms with Crippen LogP contribution in [-0.2, 0) is 16.0 Å². The first-order valence-corrected chi connectivity index (χ1v) is 8.26. The summed E-state index contributed by atoms with van der Waals surface area (Å²) in [6.07, 6.45) is 3.81. The summed E-state index contributed by atoms with van der Waals surface area (Å²) in [5, 5.41) is 2.52. The van der Waals surface area contributed by atoms with Gasteiger partial charge in [-0.05, 0) is 30.5 Å². The Balaban J connectivity index is 1.67. The van der Waals surface area contributed by atoms with Gasteiger partial charge in [-0.2, -0.15) is 0 Å². The van der Waals surface area contributed by atoms with Crippen LogP contribution in [0.3, 0.4) is 0 Å². The molecular formula is C18H20FN3O3. The Kier molecular flexibility index (Phi) is 5.11. The normalized spacial score (nSPS) is 16.9. The number of halogens is 1. The molecule has 2 aromatic rings. The standard InChI is InChI=1S/C18H20FN3O3/c1-12(23)20-11-17(24)22-8-2-3-16(22)18-21-10-15(25-18)9-13-4-6-14(19)7-5-13/h4-7,10,16H,2-3,8-9,11H2,1H3,(H,20,23). The van der Waals surface area contributed by atoms with E-state index >= 15 is 0 Å².